The third kappa shape index (κ3) is 4.58. The van der Waals surface area contributed by atoms with E-state index in [0.29, 0.717) is 37.0 Å². The predicted octanol–water partition coefficient (Wildman–Crippen LogP) is 3.57. The summed E-state index contributed by atoms with van der Waals surface area (Å²) in [6.07, 6.45) is -9.32. The highest BCUT2D eigenvalue weighted by Crippen LogP contribution is 2.64. The molecule has 1 heterocycles. The minimum Gasteiger partial charge on any atom is -0.748 e. The van der Waals surface area contributed by atoms with Gasteiger partial charge in [0.15, 0.2) is 0 Å². The number of hydrogen-bond donors (Lipinski definition) is 0. The van der Waals surface area contributed by atoms with Crippen LogP contribution in [0.1, 0.15) is 58.8 Å². The van der Waals surface area contributed by atoms with E-state index in [1.54, 1.807) is 13.8 Å². The van der Waals surface area contributed by atoms with Gasteiger partial charge in [0.25, 0.3) is 0 Å². The van der Waals surface area contributed by atoms with E-state index in [9.17, 15) is 53.7 Å². The van der Waals surface area contributed by atoms with Gasteiger partial charge in [-0.15, -0.1) is 0 Å². The molecule has 0 aromatic heterocycles. The molecular weight excluding hydrogens is 612 g/mol. The summed E-state index contributed by atoms with van der Waals surface area (Å²) < 4.78 is 127. The lowest BCUT2D eigenvalue weighted by atomic mass is 9.49. The van der Waals surface area contributed by atoms with E-state index < -0.39 is 98.9 Å². The first-order valence-corrected chi connectivity index (χ1v) is 16.1. The first kappa shape index (κ1) is 30.9. The van der Waals surface area contributed by atoms with E-state index in [1.807, 2.05) is 0 Å². The number of carbonyl (C=O) groups is 3. The van der Waals surface area contributed by atoms with Gasteiger partial charge in [-0.05, 0) is 82.5 Å². The Balaban J connectivity index is 1.33. The van der Waals surface area contributed by atoms with Crippen LogP contribution in [0.25, 0.3) is 0 Å². The van der Waals surface area contributed by atoms with Crippen molar-refractivity contribution in [2.75, 3.05) is 5.75 Å². The number of esters is 2. The van der Waals surface area contributed by atoms with Gasteiger partial charge < -0.3 is 18.9 Å². The normalized spacial score (nSPS) is 40.1. The molecule has 16 heteroatoms. The monoisotopic (exact) mass is 644 g/mol. The van der Waals surface area contributed by atoms with Crippen molar-refractivity contribution in [3.8, 4) is 0 Å². The van der Waals surface area contributed by atoms with Crippen molar-refractivity contribution in [1.82, 2.24) is 4.90 Å². The van der Waals surface area contributed by atoms with Crippen LogP contribution in [0.5, 0.6) is 0 Å². The predicted molar refractivity (Wildman–Crippen MR) is 130 cm³/mol. The van der Waals surface area contributed by atoms with E-state index in [-0.39, 0.29) is 6.42 Å². The molecule has 0 aromatic carbocycles. The van der Waals surface area contributed by atoms with Gasteiger partial charge in [0.1, 0.15) is 6.10 Å². The van der Waals surface area contributed by atoms with Crippen LogP contribution in [0.15, 0.2) is 0 Å². The summed E-state index contributed by atoms with van der Waals surface area (Å²) in [5, 5.41) is 0. The molecule has 6 aliphatic carbocycles. The number of nitrogens with zero attached hydrogens (tertiary/aromatic N) is 1. The molecular formula is C27H32F6NO8S-. The van der Waals surface area contributed by atoms with Crippen molar-refractivity contribution < 1.29 is 63.2 Å². The van der Waals surface area contributed by atoms with Crippen LogP contribution >= 0.6 is 0 Å². The molecule has 7 aliphatic rings. The summed E-state index contributed by atoms with van der Waals surface area (Å²) >= 11 is 0. The van der Waals surface area contributed by atoms with E-state index in [4.69, 9.17) is 4.74 Å². The van der Waals surface area contributed by atoms with Gasteiger partial charge in [0.2, 0.25) is 5.91 Å². The number of carbonyl (C=O) groups excluding carboxylic acids is 3. The first-order chi connectivity index (χ1) is 19.7. The second kappa shape index (κ2) is 9.46. The molecule has 6 saturated carbocycles. The minimum absolute atomic E-state index is 0.00771. The van der Waals surface area contributed by atoms with Gasteiger partial charge in [-0.3, -0.25) is 14.4 Å². The summed E-state index contributed by atoms with van der Waals surface area (Å²) in [6, 6.07) is -1.21. The van der Waals surface area contributed by atoms with Gasteiger partial charge in [0, 0.05) is 12.0 Å². The third-order valence-electron chi connectivity index (χ3n) is 11.0. The van der Waals surface area contributed by atoms with Gasteiger partial charge in [0.05, 0.1) is 39.2 Å². The molecule has 7 rings (SSSR count). The number of halogens is 6. The minimum atomic E-state index is -6.54. The molecule has 6 unspecified atom stereocenters. The molecule has 0 N–H and O–H groups in total. The molecule has 7 fully saturated rings. The number of rotatable bonds is 7. The Bertz CT molecular complexity index is 1280. The summed E-state index contributed by atoms with van der Waals surface area (Å²) in [6.45, 7) is 3.30. The Morgan fingerprint density at radius 2 is 1.47 bits per heavy atom. The molecule has 1 saturated heterocycles. The van der Waals surface area contributed by atoms with Crippen LogP contribution < -0.4 is 0 Å². The molecule has 6 bridgehead atoms. The second-order valence-electron chi connectivity index (χ2n) is 14.0. The molecule has 9 nitrogen and oxygen atoms in total. The maximum absolute atomic E-state index is 13.9. The Labute approximate surface area is 243 Å². The lowest BCUT2D eigenvalue weighted by molar-refractivity contribution is -0.362. The number of ether oxygens (including phenoxy) is 2. The Hall–Kier alpha value is -2.10. The lowest BCUT2D eigenvalue weighted by Gasteiger charge is -2.55. The van der Waals surface area contributed by atoms with E-state index in [1.165, 1.54) is 4.90 Å². The number of amides is 1. The van der Waals surface area contributed by atoms with Crippen molar-refractivity contribution in [1.29, 1.82) is 0 Å². The molecule has 242 valence electrons. The highest BCUT2D eigenvalue weighted by atomic mass is 32.2. The standard InChI is InChI=1S/C27H33F6NO8S/c1-11(2)34-19-15-6-16(20(19)41-23(37)24-7-12-3-13(8-24)5-14(4-12)9-24)18(17(15)21(34)35)22(36)42-25(26(28,29)30,27(31,32)33)10-43(38,39)40/h11-20H,3-10H2,1-2H3,(H,38,39,40)/p-1. The molecule has 1 aliphatic heterocycles. The van der Waals surface area contributed by atoms with Crippen molar-refractivity contribution in [2.24, 2.45) is 46.8 Å². The summed E-state index contributed by atoms with van der Waals surface area (Å²) in [5.41, 5.74) is -6.41. The van der Waals surface area contributed by atoms with Crippen LogP contribution in [0.2, 0.25) is 0 Å². The van der Waals surface area contributed by atoms with Gasteiger partial charge in [-0.1, -0.05) is 0 Å². The molecule has 0 spiro atoms. The quantitative estimate of drug-likeness (QED) is 0.234. The first-order valence-electron chi connectivity index (χ1n) is 14.5. The van der Waals surface area contributed by atoms with Crippen LogP contribution in [0.4, 0.5) is 26.3 Å². The largest absolute Gasteiger partial charge is 0.748 e. The maximum atomic E-state index is 13.9. The summed E-state index contributed by atoms with van der Waals surface area (Å²) in [5.74, 6) is -10.4. The van der Waals surface area contributed by atoms with Crippen LogP contribution in [-0.4, -0.2) is 77.6 Å². The highest BCUT2D eigenvalue weighted by Gasteiger charge is 2.77. The van der Waals surface area contributed by atoms with Crippen molar-refractivity contribution in [3.63, 3.8) is 0 Å². The second-order valence-corrected chi connectivity index (χ2v) is 15.4. The van der Waals surface area contributed by atoms with Gasteiger partial charge >= 0.3 is 29.9 Å². The van der Waals surface area contributed by atoms with Gasteiger partial charge in [-0.2, -0.15) is 26.3 Å². The molecule has 6 atom stereocenters. The number of fused-ring (bicyclic) bond motifs is 1. The highest BCUT2D eigenvalue weighted by molar-refractivity contribution is 7.85. The van der Waals surface area contributed by atoms with E-state index in [2.05, 4.69) is 4.74 Å². The fraction of sp³-hybridized carbons (Fsp3) is 0.889. The molecule has 0 aromatic rings. The number of hydrogen-bond acceptors (Lipinski definition) is 8. The topological polar surface area (TPSA) is 130 Å². The fourth-order valence-corrected chi connectivity index (χ4v) is 10.9. The fourth-order valence-electron chi connectivity index (χ4n) is 9.99. The summed E-state index contributed by atoms with van der Waals surface area (Å²) in [7, 11) is -6.23. The molecule has 43 heavy (non-hydrogen) atoms. The van der Waals surface area contributed by atoms with E-state index >= 15 is 0 Å². The Morgan fingerprint density at radius 1 is 0.953 bits per heavy atom. The lowest BCUT2D eigenvalue weighted by Crippen LogP contribution is -2.64. The zero-order valence-electron chi connectivity index (χ0n) is 23.3. The zero-order valence-corrected chi connectivity index (χ0v) is 24.1. The van der Waals surface area contributed by atoms with Crippen molar-refractivity contribution >= 4 is 28.0 Å². The Kier molecular flexibility index (Phi) is 6.80. The summed E-state index contributed by atoms with van der Waals surface area (Å²) in [4.78, 5) is 42.1. The smallest absolute Gasteiger partial charge is 0.438 e. The number of alkyl halides is 6. The van der Waals surface area contributed by atoms with Gasteiger partial charge in [-0.25, -0.2) is 8.42 Å². The van der Waals surface area contributed by atoms with Crippen LogP contribution in [-0.2, 0) is 34.0 Å². The van der Waals surface area contributed by atoms with Crippen molar-refractivity contribution in [2.45, 2.75) is 94.9 Å². The van der Waals surface area contributed by atoms with Crippen molar-refractivity contribution in [3.05, 3.63) is 0 Å². The molecule has 1 amide bonds. The SMILES string of the molecule is CC(C)N1C(=O)C2C3CC(C(OC(=O)C45CC6CC(CC(C6)C4)C5)C31)C2C(=O)OC(CS(=O)(=O)[O-])(C(F)(F)F)C(F)(F)F. The average molecular weight is 645 g/mol. The maximum Gasteiger partial charge on any atom is 0.438 e. The number of likely N-dealkylation sites (tertiary alicyclic amines) is 1. The Morgan fingerprint density at radius 3 is 1.91 bits per heavy atom. The van der Waals surface area contributed by atoms with Crippen LogP contribution in [0, 0.1) is 46.8 Å². The average Bonchev–Trinajstić information content (AvgIpc) is 3.43. The van der Waals surface area contributed by atoms with Crippen LogP contribution in [0.3, 0.4) is 0 Å². The zero-order chi connectivity index (χ0) is 31.7. The van der Waals surface area contributed by atoms with E-state index in [0.717, 1.165) is 19.3 Å². The molecule has 0 radical (unpaired) electrons. The third-order valence-corrected chi connectivity index (χ3v) is 11.8.